The fourth-order valence-corrected chi connectivity index (χ4v) is 3.11. The summed E-state index contributed by atoms with van der Waals surface area (Å²) in [5.74, 6) is -0.817. The summed E-state index contributed by atoms with van der Waals surface area (Å²) in [6.07, 6.45) is 2.50. The van der Waals surface area contributed by atoms with Crippen LogP contribution < -0.4 is 0 Å². The van der Waals surface area contributed by atoms with Crippen molar-refractivity contribution >= 4 is 35.4 Å². The minimum Gasteiger partial charge on any atom is -0.477 e. The fourth-order valence-electron chi connectivity index (χ4n) is 2.22. The third-order valence-corrected chi connectivity index (χ3v) is 4.79. The van der Waals surface area contributed by atoms with Gasteiger partial charge >= 0.3 is 5.97 Å². The molecule has 0 radical (unpaired) electrons. The zero-order valence-electron chi connectivity index (χ0n) is 13.8. The number of benzene rings is 2. The average Bonchev–Trinajstić information content (AvgIpc) is 3.10. The highest BCUT2D eigenvalue weighted by Gasteiger charge is 2.17. The van der Waals surface area contributed by atoms with Gasteiger partial charge in [0.15, 0.2) is 0 Å². The van der Waals surface area contributed by atoms with E-state index >= 15 is 0 Å². The number of carboxylic acid groups (broad SMARTS) is 1. The normalized spacial score (nSPS) is 11.5. The predicted molar refractivity (Wildman–Crippen MR) is 102 cm³/mol. The first kappa shape index (κ1) is 18.2. The Balaban J connectivity index is 1.84. The van der Waals surface area contributed by atoms with Crippen molar-refractivity contribution in [2.24, 2.45) is 0 Å². The Kier molecular flexibility index (Phi) is 5.75. The molecule has 0 aliphatic carbocycles. The predicted octanol–water partition coefficient (Wildman–Crippen LogP) is 5.17. The summed E-state index contributed by atoms with van der Waals surface area (Å²) in [7, 11) is 0. The van der Waals surface area contributed by atoms with Crippen molar-refractivity contribution in [2.75, 3.05) is 0 Å². The average molecular weight is 387 g/mol. The highest BCUT2D eigenvalue weighted by Crippen LogP contribution is 2.32. The highest BCUT2D eigenvalue weighted by atomic mass is 35.5. The molecule has 1 N–H and O–H groups in total. The zero-order valence-corrected chi connectivity index (χ0v) is 15.4. The van der Waals surface area contributed by atoms with Gasteiger partial charge < -0.3 is 9.52 Å². The van der Waals surface area contributed by atoms with E-state index in [0.29, 0.717) is 10.6 Å². The molecule has 0 aliphatic heterocycles. The number of halogens is 1. The molecule has 0 amide bonds. The number of carbonyl (C=O) groups is 1. The highest BCUT2D eigenvalue weighted by molar-refractivity contribution is 8.03. The maximum atomic E-state index is 11.6. The van der Waals surface area contributed by atoms with E-state index in [4.69, 9.17) is 16.0 Å². The Morgan fingerprint density at radius 1 is 1.19 bits per heavy atom. The number of thioether (sulfide) groups is 1. The number of aliphatic carboxylic acids is 1. The lowest BCUT2D eigenvalue weighted by Gasteiger charge is -2.01. The van der Waals surface area contributed by atoms with E-state index in [0.717, 1.165) is 23.7 Å². The van der Waals surface area contributed by atoms with Crippen LogP contribution in [0.3, 0.4) is 0 Å². The molecule has 0 unspecified atom stereocenters. The molecule has 132 valence electrons. The molecule has 0 atom stereocenters. The van der Waals surface area contributed by atoms with Crippen LogP contribution in [0.4, 0.5) is 0 Å². The van der Waals surface area contributed by atoms with E-state index in [1.54, 1.807) is 30.3 Å². The van der Waals surface area contributed by atoms with Gasteiger partial charge in [0.05, 0.1) is 10.6 Å². The van der Waals surface area contributed by atoms with Crippen LogP contribution in [-0.2, 0) is 11.2 Å². The van der Waals surface area contributed by atoms with Gasteiger partial charge in [-0.3, -0.25) is 0 Å². The summed E-state index contributed by atoms with van der Waals surface area (Å²) >= 11 is 7.02. The van der Waals surface area contributed by atoms with Crippen LogP contribution in [-0.4, -0.2) is 21.3 Å². The molecule has 1 heterocycles. The van der Waals surface area contributed by atoms with Gasteiger partial charge in [0.1, 0.15) is 4.91 Å². The molecule has 7 heteroatoms. The smallest absolute Gasteiger partial charge is 0.342 e. The summed E-state index contributed by atoms with van der Waals surface area (Å²) in [5, 5.41) is 17.9. The summed E-state index contributed by atoms with van der Waals surface area (Å²) in [5.41, 5.74) is 2.58. The quantitative estimate of drug-likeness (QED) is 0.465. The Morgan fingerprint density at radius 2 is 1.92 bits per heavy atom. The first-order valence-corrected chi connectivity index (χ1v) is 9.06. The van der Waals surface area contributed by atoms with Gasteiger partial charge in [0.2, 0.25) is 5.89 Å². The molecule has 2 aromatic carbocycles. The van der Waals surface area contributed by atoms with Gasteiger partial charge in [-0.15, -0.1) is 10.2 Å². The molecule has 0 aliphatic rings. The first-order valence-electron chi connectivity index (χ1n) is 7.87. The SMILES string of the molecule is CCc1ccc(/C=C(/Sc2nnc(-c3ccccc3Cl)o2)C(=O)O)cc1. The summed E-state index contributed by atoms with van der Waals surface area (Å²) < 4.78 is 5.56. The Hall–Kier alpha value is -2.57. The molecule has 3 aromatic rings. The van der Waals surface area contributed by atoms with Gasteiger partial charge in [-0.2, -0.15) is 0 Å². The Morgan fingerprint density at radius 3 is 2.58 bits per heavy atom. The Bertz CT molecular complexity index is 951. The molecule has 0 saturated heterocycles. The van der Waals surface area contributed by atoms with Crippen molar-refractivity contribution < 1.29 is 14.3 Å². The van der Waals surface area contributed by atoms with E-state index in [1.807, 2.05) is 24.3 Å². The zero-order chi connectivity index (χ0) is 18.5. The fraction of sp³-hybridized carbons (Fsp3) is 0.105. The lowest BCUT2D eigenvalue weighted by Crippen LogP contribution is -1.96. The van der Waals surface area contributed by atoms with Crippen LogP contribution in [0, 0.1) is 0 Å². The van der Waals surface area contributed by atoms with Gasteiger partial charge in [0, 0.05) is 0 Å². The summed E-state index contributed by atoms with van der Waals surface area (Å²) in [6, 6.07) is 14.8. The molecule has 26 heavy (non-hydrogen) atoms. The Labute approximate surface area is 159 Å². The van der Waals surface area contributed by atoms with Crippen LogP contribution >= 0.6 is 23.4 Å². The molecule has 5 nitrogen and oxygen atoms in total. The summed E-state index contributed by atoms with van der Waals surface area (Å²) in [6.45, 7) is 2.07. The van der Waals surface area contributed by atoms with Gasteiger partial charge in [-0.05, 0) is 47.5 Å². The van der Waals surface area contributed by atoms with Crippen LogP contribution in [0.2, 0.25) is 5.02 Å². The van der Waals surface area contributed by atoms with Crippen molar-refractivity contribution in [3.63, 3.8) is 0 Å². The largest absolute Gasteiger partial charge is 0.477 e. The standard InChI is InChI=1S/C19H15ClN2O3S/c1-2-12-7-9-13(10-8-12)11-16(18(23)24)26-19-22-21-17(25-19)14-5-3-4-6-15(14)20/h3-11H,2H2,1H3,(H,23,24)/b16-11+. The molecular formula is C19H15ClN2O3S. The van der Waals surface area contributed by atoms with E-state index in [9.17, 15) is 9.90 Å². The molecule has 1 aromatic heterocycles. The molecule has 0 saturated carbocycles. The molecule has 0 fully saturated rings. The van der Waals surface area contributed by atoms with Crippen molar-refractivity contribution in [3.05, 3.63) is 69.6 Å². The topological polar surface area (TPSA) is 76.2 Å². The van der Waals surface area contributed by atoms with Crippen molar-refractivity contribution in [3.8, 4) is 11.5 Å². The third-order valence-electron chi connectivity index (χ3n) is 3.60. The number of hydrogen-bond donors (Lipinski definition) is 1. The first-order chi connectivity index (χ1) is 12.6. The van der Waals surface area contributed by atoms with E-state index in [2.05, 4.69) is 17.1 Å². The number of rotatable bonds is 6. The second-order valence-corrected chi connectivity index (χ2v) is 6.76. The second-order valence-electron chi connectivity index (χ2n) is 5.36. The van der Waals surface area contributed by atoms with Crippen molar-refractivity contribution in [1.29, 1.82) is 0 Å². The van der Waals surface area contributed by atoms with E-state index in [1.165, 1.54) is 5.56 Å². The van der Waals surface area contributed by atoms with Gasteiger partial charge in [0.25, 0.3) is 5.22 Å². The molecule has 0 spiro atoms. The minimum absolute atomic E-state index is 0.0867. The van der Waals surface area contributed by atoms with E-state index in [-0.39, 0.29) is 16.0 Å². The number of aromatic nitrogens is 2. The second kappa shape index (κ2) is 8.21. The van der Waals surface area contributed by atoms with Crippen LogP contribution in [0.1, 0.15) is 18.1 Å². The van der Waals surface area contributed by atoms with Crippen LogP contribution in [0.15, 0.2) is 63.1 Å². The summed E-state index contributed by atoms with van der Waals surface area (Å²) in [4.78, 5) is 11.6. The van der Waals surface area contributed by atoms with Crippen molar-refractivity contribution in [1.82, 2.24) is 10.2 Å². The molecular weight excluding hydrogens is 372 g/mol. The van der Waals surface area contributed by atoms with E-state index < -0.39 is 5.97 Å². The molecule has 3 rings (SSSR count). The number of aryl methyl sites for hydroxylation is 1. The van der Waals surface area contributed by atoms with Gasteiger partial charge in [-0.25, -0.2) is 4.79 Å². The maximum Gasteiger partial charge on any atom is 0.342 e. The maximum absolute atomic E-state index is 11.6. The minimum atomic E-state index is -1.06. The monoisotopic (exact) mass is 386 g/mol. The third kappa shape index (κ3) is 4.33. The van der Waals surface area contributed by atoms with Crippen LogP contribution in [0.5, 0.6) is 0 Å². The van der Waals surface area contributed by atoms with Crippen molar-refractivity contribution in [2.45, 2.75) is 18.6 Å². The van der Waals surface area contributed by atoms with Gasteiger partial charge in [-0.1, -0.05) is 54.9 Å². The lowest BCUT2D eigenvalue weighted by atomic mass is 10.1. The number of carboxylic acids is 1. The number of nitrogens with zero attached hydrogens (tertiary/aromatic N) is 2. The lowest BCUT2D eigenvalue weighted by molar-refractivity contribution is -0.131. The van der Waals surface area contributed by atoms with Crippen LogP contribution in [0.25, 0.3) is 17.5 Å². The molecule has 0 bridgehead atoms. The number of hydrogen-bond acceptors (Lipinski definition) is 5.